The fourth-order valence-corrected chi connectivity index (χ4v) is 4.82. The van der Waals surface area contributed by atoms with E-state index in [9.17, 15) is 0 Å². The number of aryl methyl sites for hydroxylation is 1. The average molecular weight is 410 g/mol. The van der Waals surface area contributed by atoms with Crippen LogP contribution >= 0.6 is 31.9 Å². The molecule has 2 aromatic carbocycles. The molecule has 0 bridgehead atoms. The number of hydrogen-bond donors (Lipinski definition) is 0. The van der Waals surface area contributed by atoms with Gasteiger partial charge in [0, 0.05) is 16.0 Å². The molecule has 0 aromatic heterocycles. The minimum atomic E-state index is 0.276. The van der Waals surface area contributed by atoms with Gasteiger partial charge in [-0.3, -0.25) is 0 Å². The molecule has 1 nitrogen and oxygen atoms in total. The van der Waals surface area contributed by atoms with E-state index in [-0.39, 0.29) is 4.83 Å². The first-order chi connectivity index (χ1) is 10.0. The van der Waals surface area contributed by atoms with E-state index in [0.717, 1.165) is 16.6 Å². The van der Waals surface area contributed by atoms with Crippen LogP contribution in [0.2, 0.25) is 0 Å². The summed E-state index contributed by atoms with van der Waals surface area (Å²) in [6.45, 7) is 4.25. The van der Waals surface area contributed by atoms with Crippen LogP contribution in [0.3, 0.4) is 0 Å². The first-order valence-corrected chi connectivity index (χ1v) is 8.81. The third-order valence-electron chi connectivity index (χ3n) is 4.44. The Bertz CT molecular complexity index is 694. The molecule has 3 heteroatoms. The van der Waals surface area contributed by atoms with Crippen molar-refractivity contribution in [2.75, 3.05) is 7.11 Å². The van der Waals surface area contributed by atoms with Crippen molar-refractivity contribution in [1.29, 1.82) is 0 Å². The van der Waals surface area contributed by atoms with E-state index in [1.807, 2.05) is 0 Å². The second kappa shape index (κ2) is 5.77. The molecule has 1 aliphatic rings. The summed E-state index contributed by atoms with van der Waals surface area (Å²) in [6.07, 6.45) is 1.13. The molecule has 2 aromatic rings. The molecule has 1 aliphatic carbocycles. The van der Waals surface area contributed by atoms with Crippen molar-refractivity contribution in [1.82, 2.24) is 0 Å². The van der Waals surface area contributed by atoms with Crippen LogP contribution in [0.25, 0.3) is 0 Å². The van der Waals surface area contributed by atoms with Crippen LogP contribution in [0.4, 0.5) is 0 Å². The molecule has 2 atom stereocenters. The van der Waals surface area contributed by atoms with E-state index in [1.165, 1.54) is 27.8 Å². The Morgan fingerprint density at radius 2 is 1.95 bits per heavy atom. The Morgan fingerprint density at radius 3 is 2.62 bits per heavy atom. The Balaban J connectivity index is 2.05. The summed E-state index contributed by atoms with van der Waals surface area (Å²) in [7, 11) is 1.76. The molecule has 0 amide bonds. The Labute approximate surface area is 143 Å². The summed E-state index contributed by atoms with van der Waals surface area (Å²) in [5.41, 5.74) is 6.61. The summed E-state index contributed by atoms with van der Waals surface area (Å²) in [5.74, 6) is 1.52. The number of hydrogen-bond acceptors (Lipinski definition) is 1. The zero-order valence-corrected chi connectivity index (χ0v) is 15.6. The smallest absolute Gasteiger partial charge is 0.126 e. The fraction of sp³-hybridized carbons (Fsp3) is 0.333. The highest BCUT2D eigenvalue weighted by Crippen LogP contribution is 2.52. The van der Waals surface area contributed by atoms with Crippen molar-refractivity contribution in [2.45, 2.75) is 31.0 Å². The first kappa shape index (κ1) is 15.1. The Morgan fingerprint density at radius 1 is 1.24 bits per heavy atom. The van der Waals surface area contributed by atoms with Crippen LogP contribution in [-0.2, 0) is 6.42 Å². The van der Waals surface area contributed by atoms with Crippen molar-refractivity contribution < 1.29 is 4.74 Å². The van der Waals surface area contributed by atoms with Gasteiger partial charge in [-0.2, -0.15) is 0 Å². The average Bonchev–Trinajstić information content (AvgIpc) is 2.43. The monoisotopic (exact) mass is 408 g/mol. The highest BCUT2D eigenvalue weighted by atomic mass is 79.9. The molecule has 21 heavy (non-hydrogen) atoms. The lowest BCUT2D eigenvalue weighted by atomic mass is 9.74. The quantitative estimate of drug-likeness (QED) is 0.577. The number of rotatable bonds is 3. The van der Waals surface area contributed by atoms with Crippen LogP contribution in [0, 0.1) is 13.8 Å². The summed E-state index contributed by atoms with van der Waals surface area (Å²) in [4.78, 5) is 0.276. The van der Waals surface area contributed by atoms with E-state index in [0.29, 0.717) is 5.92 Å². The molecule has 110 valence electrons. The van der Waals surface area contributed by atoms with Crippen LogP contribution in [-0.4, -0.2) is 7.11 Å². The van der Waals surface area contributed by atoms with Crippen LogP contribution in [0.15, 0.2) is 34.8 Å². The molecule has 0 fully saturated rings. The summed E-state index contributed by atoms with van der Waals surface area (Å²) < 4.78 is 6.84. The van der Waals surface area contributed by atoms with E-state index in [1.54, 1.807) is 7.11 Å². The summed E-state index contributed by atoms with van der Waals surface area (Å²) in [5, 5.41) is 0. The van der Waals surface area contributed by atoms with E-state index in [2.05, 4.69) is 76.0 Å². The molecule has 0 radical (unpaired) electrons. The molecule has 2 unspecified atom stereocenters. The number of alkyl halides is 1. The van der Waals surface area contributed by atoms with Gasteiger partial charge in [-0.15, -0.1) is 0 Å². The second-order valence-corrected chi connectivity index (χ2v) is 7.50. The first-order valence-electron chi connectivity index (χ1n) is 7.10. The normalized spacial score (nSPS) is 17.9. The third-order valence-corrected chi connectivity index (χ3v) is 6.36. The van der Waals surface area contributed by atoms with Gasteiger partial charge in [-0.05, 0) is 48.6 Å². The fourth-order valence-electron chi connectivity index (χ4n) is 3.24. The standard InChI is InChI=1S/C18H18Br2O/c1-10-8-15(19)11(2)16(18(10)21-3)17(20)14-9-12-6-4-5-7-13(12)14/h4-8,14,17H,9H2,1-3H3. The maximum absolute atomic E-state index is 5.69. The number of halogens is 2. The van der Waals surface area contributed by atoms with Gasteiger partial charge < -0.3 is 4.74 Å². The highest BCUT2D eigenvalue weighted by Gasteiger charge is 2.35. The van der Waals surface area contributed by atoms with E-state index >= 15 is 0 Å². The highest BCUT2D eigenvalue weighted by molar-refractivity contribution is 9.10. The molecular formula is C18H18Br2O. The van der Waals surface area contributed by atoms with Crippen LogP contribution in [0.5, 0.6) is 5.75 Å². The zero-order chi connectivity index (χ0) is 15.1. The van der Waals surface area contributed by atoms with Crippen molar-refractivity contribution in [3.8, 4) is 5.75 Å². The van der Waals surface area contributed by atoms with Crippen LogP contribution < -0.4 is 4.74 Å². The Kier molecular flexibility index (Phi) is 4.15. The van der Waals surface area contributed by atoms with Crippen molar-refractivity contribution >= 4 is 31.9 Å². The SMILES string of the molecule is COc1c(C)cc(Br)c(C)c1C(Br)C1Cc2ccccc21. The van der Waals surface area contributed by atoms with E-state index in [4.69, 9.17) is 4.74 Å². The second-order valence-electron chi connectivity index (χ2n) is 5.66. The summed E-state index contributed by atoms with van der Waals surface area (Å²) >= 11 is 7.62. The minimum absolute atomic E-state index is 0.276. The van der Waals surface area contributed by atoms with Gasteiger partial charge in [0.25, 0.3) is 0 Å². The summed E-state index contributed by atoms with van der Waals surface area (Å²) in [6, 6.07) is 10.8. The molecule has 0 saturated carbocycles. The topological polar surface area (TPSA) is 9.23 Å². The maximum atomic E-state index is 5.69. The number of fused-ring (bicyclic) bond motifs is 1. The molecule has 0 spiro atoms. The molecule has 0 N–H and O–H groups in total. The van der Waals surface area contributed by atoms with Crippen molar-refractivity contribution in [3.05, 3.63) is 62.6 Å². The Hall–Kier alpha value is -0.800. The number of ether oxygens (including phenoxy) is 1. The lowest BCUT2D eigenvalue weighted by molar-refractivity contribution is 0.402. The van der Waals surface area contributed by atoms with Gasteiger partial charge in [-0.1, -0.05) is 56.1 Å². The molecule has 0 heterocycles. The van der Waals surface area contributed by atoms with Gasteiger partial charge in [0.05, 0.1) is 11.9 Å². The van der Waals surface area contributed by atoms with Gasteiger partial charge in [0.2, 0.25) is 0 Å². The van der Waals surface area contributed by atoms with E-state index < -0.39 is 0 Å². The predicted octanol–water partition coefficient (Wildman–Crippen LogP) is 5.85. The van der Waals surface area contributed by atoms with Gasteiger partial charge in [0.1, 0.15) is 5.75 Å². The zero-order valence-electron chi connectivity index (χ0n) is 12.4. The molecule has 3 rings (SSSR count). The molecular weight excluding hydrogens is 392 g/mol. The van der Waals surface area contributed by atoms with Gasteiger partial charge in [-0.25, -0.2) is 0 Å². The molecule has 0 aliphatic heterocycles. The predicted molar refractivity (Wildman–Crippen MR) is 94.7 cm³/mol. The minimum Gasteiger partial charge on any atom is -0.496 e. The molecule has 0 saturated heterocycles. The van der Waals surface area contributed by atoms with Gasteiger partial charge >= 0.3 is 0 Å². The lowest BCUT2D eigenvalue weighted by Gasteiger charge is -2.35. The van der Waals surface area contributed by atoms with Gasteiger partial charge in [0.15, 0.2) is 0 Å². The largest absolute Gasteiger partial charge is 0.496 e. The van der Waals surface area contributed by atoms with Crippen molar-refractivity contribution in [3.63, 3.8) is 0 Å². The maximum Gasteiger partial charge on any atom is 0.126 e. The van der Waals surface area contributed by atoms with Crippen molar-refractivity contribution in [2.24, 2.45) is 0 Å². The van der Waals surface area contributed by atoms with Crippen LogP contribution in [0.1, 0.15) is 38.6 Å². The number of methoxy groups -OCH3 is 1. The third kappa shape index (κ3) is 2.44. The lowest BCUT2D eigenvalue weighted by Crippen LogP contribution is -2.21. The number of benzene rings is 2.